The molecule has 1 fully saturated rings. The van der Waals surface area contributed by atoms with Gasteiger partial charge in [0.25, 0.3) is 0 Å². The van der Waals surface area contributed by atoms with Gasteiger partial charge in [-0.25, -0.2) is 0 Å². The highest BCUT2D eigenvalue weighted by molar-refractivity contribution is 6.15. The van der Waals surface area contributed by atoms with Gasteiger partial charge < -0.3 is 15.3 Å². The number of quaternary nitrogens is 1. The Kier molecular flexibility index (Phi) is 6.16. The van der Waals surface area contributed by atoms with E-state index in [9.17, 15) is 9.90 Å². The summed E-state index contributed by atoms with van der Waals surface area (Å²) in [6.07, 6.45) is 4.51. The zero-order valence-electron chi connectivity index (χ0n) is 17.3. The van der Waals surface area contributed by atoms with Crippen molar-refractivity contribution in [3.63, 3.8) is 0 Å². The van der Waals surface area contributed by atoms with Crippen LogP contribution in [0.25, 0.3) is 5.57 Å². The maximum absolute atomic E-state index is 13.2. The lowest BCUT2D eigenvalue weighted by molar-refractivity contribution is -0.567. The summed E-state index contributed by atoms with van der Waals surface area (Å²) < 4.78 is 0. The molecule has 4 heteroatoms. The lowest BCUT2D eigenvalue weighted by Gasteiger charge is -2.50. The van der Waals surface area contributed by atoms with E-state index in [1.165, 1.54) is 0 Å². The molecule has 2 aromatic rings. The number of hydrogen-bond donors (Lipinski definition) is 2. The van der Waals surface area contributed by atoms with Crippen LogP contribution < -0.4 is 10.2 Å². The Balaban J connectivity index is 1.95. The average molecular weight is 390 g/mol. The Hall–Kier alpha value is -2.95. The number of hydrogen-bond acceptors (Lipinski definition) is 3. The van der Waals surface area contributed by atoms with Gasteiger partial charge in [0.15, 0.2) is 5.78 Å². The highest BCUT2D eigenvalue weighted by atomic mass is 16.3. The van der Waals surface area contributed by atoms with Gasteiger partial charge >= 0.3 is 0 Å². The number of rotatable bonds is 7. The molecule has 3 rings (SSSR count). The van der Waals surface area contributed by atoms with Crippen LogP contribution in [0, 0.1) is 0 Å². The third kappa shape index (κ3) is 3.69. The van der Waals surface area contributed by atoms with E-state index >= 15 is 0 Å². The predicted molar refractivity (Wildman–Crippen MR) is 119 cm³/mol. The number of benzene rings is 2. The summed E-state index contributed by atoms with van der Waals surface area (Å²) in [7, 11) is 1.85. The fourth-order valence-electron chi connectivity index (χ4n) is 3.83. The number of aliphatic hydroxyl groups excluding tert-OH is 1. The average Bonchev–Trinajstić information content (AvgIpc) is 2.76. The van der Waals surface area contributed by atoms with Crippen molar-refractivity contribution >= 4 is 22.7 Å². The number of nitrogens with zero attached hydrogens (tertiary/aromatic N) is 1. The number of anilines is 1. The molecule has 0 saturated heterocycles. The molecule has 0 aromatic heterocycles. The lowest BCUT2D eigenvalue weighted by atomic mass is 9.67. The van der Waals surface area contributed by atoms with Crippen LogP contribution in [0.2, 0.25) is 0 Å². The summed E-state index contributed by atoms with van der Waals surface area (Å²) in [5.74, 6) is -0.0664. The number of ketones is 1. The van der Waals surface area contributed by atoms with Gasteiger partial charge in [0.05, 0.1) is 6.54 Å². The quantitative estimate of drug-likeness (QED) is 0.434. The summed E-state index contributed by atoms with van der Waals surface area (Å²) >= 11 is 0. The molecular formula is C25H29N2O2+. The molecule has 0 amide bonds. The first kappa shape index (κ1) is 20.8. The van der Waals surface area contributed by atoms with Gasteiger partial charge in [0.2, 0.25) is 0 Å². The molecule has 1 aliphatic carbocycles. The van der Waals surface area contributed by atoms with Crippen LogP contribution in [0.5, 0.6) is 0 Å². The molecule has 2 aromatic carbocycles. The maximum atomic E-state index is 13.2. The fourth-order valence-corrected chi connectivity index (χ4v) is 3.83. The normalized spacial score (nSPS) is 23.0. The topological polar surface area (TPSA) is 57.2 Å². The Morgan fingerprint density at radius 1 is 1.21 bits per heavy atom. The summed E-state index contributed by atoms with van der Waals surface area (Å²) in [5.41, 5.74) is 3.33. The molecule has 4 nitrogen and oxygen atoms in total. The number of allylic oxidation sites excluding steroid dienone is 4. The minimum Gasteiger partial charge on any atom is -0.385 e. The van der Waals surface area contributed by atoms with E-state index in [4.69, 9.17) is 0 Å². The molecule has 0 spiro atoms. The maximum Gasteiger partial charge on any atom is 0.189 e. The molecular weight excluding hydrogens is 360 g/mol. The molecule has 2 unspecified atom stereocenters. The van der Waals surface area contributed by atoms with Crippen LogP contribution in [0.4, 0.5) is 11.4 Å². The first-order valence-corrected chi connectivity index (χ1v) is 9.93. The second kappa shape index (κ2) is 8.60. The van der Waals surface area contributed by atoms with Crippen molar-refractivity contribution in [3.8, 4) is 0 Å². The van der Waals surface area contributed by atoms with Gasteiger partial charge in [0.1, 0.15) is 17.3 Å². The van der Waals surface area contributed by atoms with E-state index < -0.39 is 11.6 Å². The molecule has 0 bridgehead atoms. The first-order chi connectivity index (χ1) is 13.9. The zero-order chi connectivity index (χ0) is 21.0. The van der Waals surface area contributed by atoms with Crippen LogP contribution >= 0.6 is 0 Å². The van der Waals surface area contributed by atoms with Crippen molar-refractivity contribution in [1.82, 2.24) is 0 Å². The molecule has 3 N–H and O–H groups in total. The van der Waals surface area contributed by atoms with Gasteiger partial charge in [-0.1, -0.05) is 49.1 Å². The van der Waals surface area contributed by atoms with Gasteiger partial charge in [-0.2, -0.15) is 0 Å². The second-order valence-corrected chi connectivity index (χ2v) is 7.43. The summed E-state index contributed by atoms with van der Waals surface area (Å²) in [4.78, 5) is 15.0. The van der Waals surface area contributed by atoms with Crippen molar-refractivity contribution in [2.75, 3.05) is 18.5 Å². The molecule has 150 valence electrons. The van der Waals surface area contributed by atoms with Crippen molar-refractivity contribution in [2.24, 2.45) is 0 Å². The monoisotopic (exact) mass is 389 g/mol. The SMILES string of the molecule is C=C/C=C(/C=C1\C(=O)C(C)(N(C)c2ccccc2)C1O)c1ccccc1[NH2+]CC. The molecule has 0 radical (unpaired) electrons. The van der Waals surface area contributed by atoms with Gasteiger partial charge in [-0.3, -0.25) is 4.79 Å². The van der Waals surface area contributed by atoms with Crippen LogP contribution in [0.1, 0.15) is 19.4 Å². The number of carbonyl (C=O) groups excluding carboxylic acids is 1. The van der Waals surface area contributed by atoms with Crippen LogP contribution in [-0.4, -0.2) is 36.1 Å². The minimum atomic E-state index is -0.985. The second-order valence-electron chi connectivity index (χ2n) is 7.43. The standard InChI is InChI=1S/C25H28N2O2/c1-5-12-18(20-15-10-11-16-22(20)26-6-2)17-21-23(28)25(3,24(21)29)27(4)19-13-8-7-9-14-19/h5,7-17,23,26,28H,1,6H2,2-4H3/p+1/b18-12-,21-17-. The van der Waals surface area contributed by atoms with E-state index in [-0.39, 0.29) is 5.78 Å². The Labute approximate surface area is 172 Å². The Morgan fingerprint density at radius 3 is 2.48 bits per heavy atom. The number of nitrogens with two attached hydrogens (primary N) is 1. The number of likely N-dealkylation sites (N-methyl/N-ethyl adjacent to an activating group) is 1. The number of Topliss-reactive ketones (excluding diaryl/α,β-unsaturated/α-hetero) is 1. The first-order valence-electron chi connectivity index (χ1n) is 9.93. The molecule has 0 aliphatic heterocycles. The lowest BCUT2D eigenvalue weighted by Crippen LogP contribution is -2.77. The number of para-hydroxylation sites is 2. The van der Waals surface area contributed by atoms with Crippen LogP contribution in [-0.2, 0) is 4.79 Å². The summed E-state index contributed by atoms with van der Waals surface area (Å²) in [6.45, 7) is 8.61. The highest BCUT2D eigenvalue weighted by Crippen LogP contribution is 2.41. The van der Waals surface area contributed by atoms with E-state index in [0.29, 0.717) is 5.57 Å². The van der Waals surface area contributed by atoms with Crippen molar-refractivity contribution in [1.29, 1.82) is 0 Å². The third-order valence-corrected chi connectivity index (χ3v) is 5.69. The van der Waals surface area contributed by atoms with Crippen LogP contribution in [0.15, 0.2) is 85.0 Å². The van der Waals surface area contributed by atoms with Gasteiger partial charge in [-0.05, 0) is 49.8 Å². The Morgan fingerprint density at radius 2 is 1.86 bits per heavy atom. The Bertz CT molecular complexity index is 962. The minimum absolute atomic E-state index is 0.0664. The van der Waals surface area contributed by atoms with E-state index in [2.05, 4.69) is 24.9 Å². The predicted octanol–water partition coefficient (Wildman–Crippen LogP) is 3.24. The van der Waals surface area contributed by atoms with Gasteiger partial charge in [-0.15, -0.1) is 0 Å². The highest BCUT2D eigenvalue weighted by Gasteiger charge is 2.57. The van der Waals surface area contributed by atoms with Crippen molar-refractivity contribution in [3.05, 3.63) is 90.5 Å². The molecule has 2 atom stereocenters. The molecule has 29 heavy (non-hydrogen) atoms. The summed E-state index contributed by atoms with van der Waals surface area (Å²) in [5, 5.41) is 13.1. The fraction of sp³-hybridized carbons (Fsp3) is 0.240. The van der Waals surface area contributed by atoms with E-state index in [1.807, 2.05) is 66.6 Å². The zero-order valence-corrected chi connectivity index (χ0v) is 17.3. The molecule has 1 saturated carbocycles. The number of aliphatic hydroxyl groups is 1. The van der Waals surface area contributed by atoms with Gasteiger partial charge in [0, 0.05) is 23.9 Å². The van der Waals surface area contributed by atoms with E-state index in [1.54, 1.807) is 19.1 Å². The largest absolute Gasteiger partial charge is 0.385 e. The smallest absolute Gasteiger partial charge is 0.189 e. The summed E-state index contributed by atoms with van der Waals surface area (Å²) in [6, 6.07) is 17.7. The van der Waals surface area contributed by atoms with Crippen LogP contribution in [0.3, 0.4) is 0 Å². The third-order valence-electron chi connectivity index (χ3n) is 5.69. The van der Waals surface area contributed by atoms with Crippen molar-refractivity contribution < 1.29 is 15.2 Å². The number of carbonyl (C=O) groups is 1. The van der Waals surface area contributed by atoms with E-state index in [0.717, 1.165) is 29.1 Å². The molecule has 0 heterocycles. The molecule has 1 aliphatic rings. The van der Waals surface area contributed by atoms with Crippen molar-refractivity contribution in [2.45, 2.75) is 25.5 Å².